The lowest BCUT2D eigenvalue weighted by Gasteiger charge is -2.35. The Morgan fingerprint density at radius 1 is 1.33 bits per heavy atom. The molecule has 0 spiro atoms. The molecule has 3 rings (SSSR count). The molecule has 2 aliphatic heterocycles. The molecule has 0 unspecified atom stereocenters. The normalized spacial score (nSPS) is 23.5. The lowest BCUT2D eigenvalue weighted by Crippen LogP contribution is -2.50. The van der Waals surface area contributed by atoms with E-state index in [1.807, 2.05) is 25.8 Å². The molecule has 0 N–H and O–H groups in total. The van der Waals surface area contributed by atoms with Crippen LogP contribution in [0.4, 0.5) is 0 Å². The van der Waals surface area contributed by atoms with Gasteiger partial charge in [0.2, 0.25) is 11.8 Å². The summed E-state index contributed by atoms with van der Waals surface area (Å²) in [6, 6.07) is 0.0496. The molecule has 2 fully saturated rings. The van der Waals surface area contributed by atoms with Crippen molar-refractivity contribution in [3.63, 3.8) is 0 Å². The highest BCUT2D eigenvalue weighted by Crippen LogP contribution is 2.40. The Balaban J connectivity index is 1.81. The van der Waals surface area contributed by atoms with Gasteiger partial charge in [0.1, 0.15) is 0 Å². The summed E-state index contributed by atoms with van der Waals surface area (Å²) in [5.41, 5.74) is 2.11. The fraction of sp³-hybridized carbons (Fsp3) is 0.765. The summed E-state index contributed by atoms with van der Waals surface area (Å²) in [5.74, 6) is 1.00. The van der Waals surface area contributed by atoms with Crippen LogP contribution in [0.25, 0.3) is 0 Å². The number of likely N-dealkylation sites (tertiary alicyclic amines) is 1. The van der Waals surface area contributed by atoms with Gasteiger partial charge in [-0.15, -0.1) is 0 Å². The summed E-state index contributed by atoms with van der Waals surface area (Å²) in [6.07, 6.45) is 2.12. The highest BCUT2D eigenvalue weighted by Gasteiger charge is 2.38. The molecule has 134 valence electrons. The van der Waals surface area contributed by atoms with E-state index in [9.17, 15) is 4.79 Å². The van der Waals surface area contributed by atoms with Crippen LogP contribution in [0.1, 0.15) is 37.1 Å². The first-order valence-electron chi connectivity index (χ1n) is 8.74. The molecule has 0 radical (unpaired) electrons. The fourth-order valence-electron chi connectivity index (χ4n) is 4.03. The van der Waals surface area contributed by atoms with Crippen LogP contribution in [0.5, 0.6) is 5.88 Å². The molecular weight excluding hydrogens is 308 g/mol. The second-order valence-electron chi connectivity index (χ2n) is 6.64. The average molecular weight is 336 g/mol. The number of morpholine rings is 1. The maximum atomic E-state index is 12.9. The van der Waals surface area contributed by atoms with E-state index in [4.69, 9.17) is 9.47 Å². The Morgan fingerprint density at radius 3 is 2.71 bits per heavy atom. The van der Waals surface area contributed by atoms with Crippen LogP contribution in [-0.4, -0.2) is 71.5 Å². The van der Waals surface area contributed by atoms with Crippen LogP contribution >= 0.6 is 0 Å². The van der Waals surface area contributed by atoms with Crippen molar-refractivity contribution in [1.82, 2.24) is 19.6 Å². The standard InChI is InChI=1S/C17H28N4O3/c1-12-15(17(23-4)19(3)18-12)14-6-5-7-21(14)13(2)16(22)20-8-10-24-11-9-20/h13-14H,5-11H2,1-4H3/t13-,14-/m1/s1. The number of rotatable bonds is 4. The Hall–Kier alpha value is -1.60. The van der Waals surface area contributed by atoms with Crippen LogP contribution in [0.2, 0.25) is 0 Å². The van der Waals surface area contributed by atoms with Gasteiger partial charge in [0.05, 0.1) is 37.6 Å². The molecule has 1 amide bonds. The average Bonchev–Trinajstić information content (AvgIpc) is 3.17. The van der Waals surface area contributed by atoms with Crippen molar-refractivity contribution < 1.29 is 14.3 Å². The van der Waals surface area contributed by atoms with E-state index in [0.29, 0.717) is 26.3 Å². The number of amides is 1. The summed E-state index contributed by atoms with van der Waals surface area (Å²) >= 11 is 0. The van der Waals surface area contributed by atoms with Crippen molar-refractivity contribution >= 4 is 5.91 Å². The Kier molecular flexibility index (Phi) is 5.10. The second kappa shape index (κ2) is 7.11. The zero-order valence-corrected chi connectivity index (χ0v) is 15.1. The van der Waals surface area contributed by atoms with Crippen molar-refractivity contribution in [1.29, 1.82) is 0 Å². The van der Waals surface area contributed by atoms with Gasteiger partial charge in [0, 0.05) is 26.2 Å². The van der Waals surface area contributed by atoms with Crippen LogP contribution in [0.15, 0.2) is 0 Å². The molecule has 3 heterocycles. The maximum absolute atomic E-state index is 12.9. The molecule has 2 saturated heterocycles. The number of ether oxygens (including phenoxy) is 2. The van der Waals surface area contributed by atoms with Crippen molar-refractivity contribution in [3.8, 4) is 5.88 Å². The monoisotopic (exact) mass is 336 g/mol. The highest BCUT2D eigenvalue weighted by molar-refractivity contribution is 5.81. The summed E-state index contributed by atoms with van der Waals surface area (Å²) in [4.78, 5) is 17.1. The van der Waals surface area contributed by atoms with Crippen molar-refractivity contribution in [2.75, 3.05) is 40.0 Å². The third-order valence-electron chi connectivity index (χ3n) is 5.21. The number of carbonyl (C=O) groups is 1. The molecule has 7 heteroatoms. The van der Waals surface area contributed by atoms with Gasteiger partial charge in [-0.25, -0.2) is 4.68 Å². The molecule has 24 heavy (non-hydrogen) atoms. The quantitative estimate of drug-likeness (QED) is 0.825. The molecular formula is C17H28N4O3. The minimum atomic E-state index is -0.139. The van der Waals surface area contributed by atoms with Gasteiger partial charge in [-0.05, 0) is 33.2 Å². The first kappa shape index (κ1) is 17.2. The van der Waals surface area contributed by atoms with Gasteiger partial charge in [-0.3, -0.25) is 9.69 Å². The van der Waals surface area contributed by atoms with Gasteiger partial charge in [-0.1, -0.05) is 0 Å². The lowest BCUT2D eigenvalue weighted by molar-refractivity contribution is -0.140. The van der Waals surface area contributed by atoms with Crippen LogP contribution in [0, 0.1) is 6.92 Å². The van der Waals surface area contributed by atoms with Crippen LogP contribution in [0.3, 0.4) is 0 Å². The molecule has 2 atom stereocenters. The fourth-order valence-corrected chi connectivity index (χ4v) is 4.03. The van der Waals surface area contributed by atoms with E-state index in [0.717, 1.165) is 36.5 Å². The summed E-state index contributed by atoms with van der Waals surface area (Å²) in [5, 5.41) is 4.51. The van der Waals surface area contributed by atoms with Crippen molar-refractivity contribution in [3.05, 3.63) is 11.3 Å². The minimum absolute atomic E-state index is 0.139. The SMILES string of the molecule is COc1c([C@H]2CCCN2[C@H](C)C(=O)N2CCOCC2)c(C)nn1C. The number of methoxy groups -OCH3 is 1. The number of aromatic nitrogens is 2. The molecule has 7 nitrogen and oxygen atoms in total. The van der Waals surface area contributed by atoms with Crippen molar-refractivity contribution in [2.24, 2.45) is 7.05 Å². The Labute approximate surface area is 143 Å². The minimum Gasteiger partial charge on any atom is -0.481 e. The van der Waals surface area contributed by atoms with Crippen LogP contribution in [-0.2, 0) is 16.6 Å². The topological polar surface area (TPSA) is 59.8 Å². The van der Waals surface area contributed by atoms with Gasteiger partial charge < -0.3 is 14.4 Å². The molecule has 0 aliphatic carbocycles. The summed E-state index contributed by atoms with van der Waals surface area (Å²) in [6.45, 7) is 7.62. The number of aryl methyl sites for hydroxylation is 2. The zero-order valence-electron chi connectivity index (χ0n) is 15.1. The maximum Gasteiger partial charge on any atom is 0.239 e. The van der Waals surface area contributed by atoms with E-state index in [-0.39, 0.29) is 18.0 Å². The predicted molar refractivity (Wildman–Crippen MR) is 90.0 cm³/mol. The number of hydrogen-bond acceptors (Lipinski definition) is 5. The number of hydrogen-bond donors (Lipinski definition) is 0. The van der Waals surface area contributed by atoms with E-state index < -0.39 is 0 Å². The first-order valence-corrected chi connectivity index (χ1v) is 8.74. The third-order valence-corrected chi connectivity index (χ3v) is 5.21. The predicted octanol–water partition coefficient (Wildman–Crippen LogP) is 1.12. The third kappa shape index (κ3) is 3.02. The van der Waals surface area contributed by atoms with Crippen molar-refractivity contribution in [2.45, 2.75) is 38.8 Å². The van der Waals surface area contributed by atoms with Gasteiger partial charge in [0.25, 0.3) is 0 Å². The molecule has 0 bridgehead atoms. The van der Waals surface area contributed by atoms with Crippen LogP contribution < -0.4 is 4.74 Å². The number of nitrogens with zero attached hydrogens (tertiary/aromatic N) is 4. The smallest absolute Gasteiger partial charge is 0.239 e. The summed E-state index contributed by atoms with van der Waals surface area (Å²) in [7, 11) is 3.58. The summed E-state index contributed by atoms with van der Waals surface area (Å²) < 4.78 is 12.7. The van der Waals surface area contributed by atoms with E-state index in [1.165, 1.54) is 0 Å². The van der Waals surface area contributed by atoms with Gasteiger partial charge >= 0.3 is 0 Å². The van der Waals surface area contributed by atoms with Gasteiger partial charge in [0.15, 0.2) is 0 Å². The molecule has 2 aliphatic rings. The Bertz CT molecular complexity index is 595. The molecule has 1 aromatic rings. The number of carbonyl (C=O) groups excluding carboxylic acids is 1. The second-order valence-corrected chi connectivity index (χ2v) is 6.64. The Morgan fingerprint density at radius 2 is 2.04 bits per heavy atom. The highest BCUT2D eigenvalue weighted by atomic mass is 16.5. The molecule has 0 aromatic carbocycles. The first-order chi connectivity index (χ1) is 11.5. The zero-order chi connectivity index (χ0) is 17.3. The van der Waals surface area contributed by atoms with E-state index in [1.54, 1.807) is 11.8 Å². The lowest BCUT2D eigenvalue weighted by atomic mass is 10.0. The molecule has 0 saturated carbocycles. The van der Waals surface area contributed by atoms with E-state index in [2.05, 4.69) is 10.00 Å². The largest absolute Gasteiger partial charge is 0.481 e. The van der Waals surface area contributed by atoms with Gasteiger partial charge in [-0.2, -0.15) is 5.10 Å². The van der Waals surface area contributed by atoms with E-state index >= 15 is 0 Å². The molecule has 1 aromatic heterocycles.